The Kier molecular flexibility index (Phi) is 6.49. The van der Waals surface area contributed by atoms with Gasteiger partial charge in [0, 0.05) is 22.7 Å². The van der Waals surface area contributed by atoms with Gasteiger partial charge in [-0.1, -0.05) is 19.1 Å². The van der Waals surface area contributed by atoms with Crippen LogP contribution in [0.15, 0.2) is 42.5 Å². The van der Waals surface area contributed by atoms with Gasteiger partial charge in [0.15, 0.2) is 0 Å². The van der Waals surface area contributed by atoms with E-state index >= 15 is 0 Å². The summed E-state index contributed by atoms with van der Waals surface area (Å²) in [5, 5.41) is 10.3. The third-order valence-electron chi connectivity index (χ3n) is 4.68. The minimum Gasteiger partial charge on any atom is -0.493 e. The molecular weight excluding hydrogens is 370 g/mol. The van der Waals surface area contributed by atoms with E-state index in [4.69, 9.17) is 20.6 Å². The molecule has 152 valence electrons. The number of nitrogens with two attached hydrogens (primary N) is 1. The van der Waals surface area contributed by atoms with Gasteiger partial charge in [-0.05, 0) is 48.7 Å². The molecule has 4 N–H and O–H groups in total. The van der Waals surface area contributed by atoms with E-state index in [0.29, 0.717) is 42.9 Å². The summed E-state index contributed by atoms with van der Waals surface area (Å²) >= 11 is 0. The first-order chi connectivity index (χ1) is 14.0. The monoisotopic (exact) mass is 395 g/mol. The maximum Gasteiger partial charge on any atom is 0.306 e. The van der Waals surface area contributed by atoms with Crippen LogP contribution in [-0.4, -0.2) is 30.9 Å². The molecule has 0 spiro atoms. The van der Waals surface area contributed by atoms with Crippen LogP contribution < -0.4 is 15.8 Å². The molecule has 3 rings (SSSR count). The summed E-state index contributed by atoms with van der Waals surface area (Å²) in [6.07, 6.45) is 1.81. The molecule has 29 heavy (non-hydrogen) atoms. The number of amidine groups is 1. The summed E-state index contributed by atoms with van der Waals surface area (Å²) in [5.41, 5.74) is 8.08. The Morgan fingerprint density at radius 1 is 1.21 bits per heavy atom. The molecule has 0 saturated heterocycles. The van der Waals surface area contributed by atoms with Gasteiger partial charge in [0.05, 0.1) is 19.6 Å². The lowest BCUT2D eigenvalue weighted by atomic mass is 9.93. The van der Waals surface area contributed by atoms with Gasteiger partial charge >= 0.3 is 5.97 Å². The van der Waals surface area contributed by atoms with Gasteiger partial charge in [-0.2, -0.15) is 0 Å². The number of ether oxygens (including phenoxy) is 2. The van der Waals surface area contributed by atoms with E-state index in [-0.39, 0.29) is 23.6 Å². The Bertz CT molecular complexity index is 909. The number of hydrogen-bond acceptors (Lipinski definition) is 5. The summed E-state index contributed by atoms with van der Waals surface area (Å²) in [4.78, 5) is 24.3. The lowest BCUT2D eigenvalue weighted by Gasteiger charge is -2.25. The Morgan fingerprint density at radius 3 is 2.62 bits per heavy atom. The van der Waals surface area contributed by atoms with Gasteiger partial charge in [0.25, 0.3) is 5.91 Å². The Morgan fingerprint density at radius 2 is 1.93 bits per heavy atom. The molecule has 0 radical (unpaired) electrons. The second-order valence-electron chi connectivity index (χ2n) is 7.07. The van der Waals surface area contributed by atoms with E-state index in [0.717, 1.165) is 17.7 Å². The normalized spacial score (nSPS) is 15.0. The first kappa shape index (κ1) is 20.4. The lowest BCUT2D eigenvalue weighted by molar-refractivity contribution is -0.145. The molecule has 1 unspecified atom stereocenters. The third-order valence-corrected chi connectivity index (χ3v) is 4.68. The van der Waals surface area contributed by atoms with Crippen molar-refractivity contribution in [2.24, 2.45) is 11.7 Å². The Labute approximate surface area is 169 Å². The van der Waals surface area contributed by atoms with E-state index in [1.807, 2.05) is 19.1 Å². The molecule has 1 aliphatic rings. The van der Waals surface area contributed by atoms with E-state index in [1.54, 1.807) is 30.3 Å². The SMILES string of the molecule is CCCOC(=O)CC1COc2ccc(NC(=O)c3ccc(C(=N)N)cc3)cc2C1. The van der Waals surface area contributed by atoms with Crippen LogP contribution in [0, 0.1) is 11.3 Å². The zero-order valence-corrected chi connectivity index (χ0v) is 16.4. The van der Waals surface area contributed by atoms with Gasteiger partial charge < -0.3 is 20.5 Å². The molecule has 2 aromatic carbocycles. The van der Waals surface area contributed by atoms with Gasteiger partial charge in [0.2, 0.25) is 0 Å². The molecule has 1 heterocycles. The second-order valence-corrected chi connectivity index (χ2v) is 7.07. The number of carbonyl (C=O) groups is 2. The van der Waals surface area contributed by atoms with Crippen LogP contribution in [0.5, 0.6) is 5.75 Å². The van der Waals surface area contributed by atoms with Crippen molar-refractivity contribution in [3.05, 3.63) is 59.2 Å². The van der Waals surface area contributed by atoms with Crippen LogP contribution in [0.4, 0.5) is 5.69 Å². The second kappa shape index (κ2) is 9.23. The number of fused-ring (bicyclic) bond motifs is 1. The highest BCUT2D eigenvalue weighted by molar-refractivity contribution is 6.05. The van der Waals surface area contributed by atoms with Crippen molar-refractivity contribution in [2.75, 3.05) is 18.5 Å². The molecule has 0 bridgehead atoms. The maximum atomic E-state index is 12.5. The molecular formula is C22H25N3O4. The largest absolute Gasteiger partial charge is 0.493 e. The fourth-order valence-electron chi connectivity index (χ4n) is 3.18. The molecule has 1 atom stereocenters. The third kappa shape index (κ3) is 5.34. The number of nitrogen functional groups attached to an aromatic ring is 1. The number of hydrogen-bond donors (Lipinski definition) is 3. The molecule has 2 aromatic rings. The fraction of sp³-hybridized carbons (Fsp3) is 0.318. The van der Waals surface area contributed by atoms with Crippen molar-refractivity contribution in [3.63, 3.8) is 0 Å². The van der Waals surface area contributed by atoms with Crippen molar-refractivity contribution in [3.8, 4) is 5.75 Å². The standard InChI is InChI=1S/C22H25N3O4/c1-2-9-28-20(26)11-14-10-17-12-18(7-8-19(17)29-13-14)25-22(27)16-5-3-15(4-6-16)21(23)24/h3-8,12,14H,2,9-11,13H2,1H3,(H3,23,24)(H,25,27). The molecule has 7 heteroatoms. The van der Waals surface area contributed by atoms with Crippen molar-refractivity contribution in [1.29, 1.82) is 5.41 Å². The van der Waals surface area contributed by atoms with E-state index in [9.17, 15) is 9.59 Å². The summed E-state index contributed by atoms with van der Waals surface area (Å²) < 4.78 is 10.9. The van der Waals surface area contributed by atoms with Crippen molar-refractivity contribution in [2.45, 2.75) is 26.2 Å². The van der Waals surface area contributed by atoms with Crippen LogP contribution in [0.25, 0.3) is 0 Å². The average molecular weight is 395 g/mol. The van der Waals surface area contributed by atoms with Crippen LogP contribution in [0.3, 0.4) is 0 Å². The van der Waals surface area contributed by atoms with E-state index < -0.39 is 0 Å². The smallest absolute Gasteiger partial charge is 0.306 e. The number of anilines is 1. The predicted molar refractivity (Wildman–Crippen MR) is 110 cm³/mol. The highest BCUT2D eigenvalue weighted by Gasteiger charge is 2.23. The maximum absolute atomic E-state index is 12.5. The number of nitrogens with one attached hydrogen (secondary N) is 2. The molecule has 1 aliphatic heterocycles. The van der Waals surface area contributed by atoms with E-state index in [2.05, 4.69) is 5.32 Å². The molecule has 0 aliphatic carbocycles. The molecule has 1 amide bonds. The number of rotatable bonds is 7. The first-order valence-corrected chi connectivity index (χ1v) is 9.63. The summed E-state index contributed by atoms with van der Waals surface area (Å²) in [7, 11) is 0. The number of benzene rings is 2. The van der Waals surface area contributed by atoms with Crippen molar-refractivity contribution in [1.82, 2.24) is 0 Å². The topological polar surface area (TPSA) is 114 Å². The minimum atomic E-state index is -0.253. The lowest BCUT2D eigenvalue weighted by Crippen LogP contribution is -2.24. The Balaban J connectivity index is 1.64. The van der Waals surface area contributed by atoms with E-state index in [1.165, 1.54) is 0 Å². The molecule has 0 fully saturated rings. The van der Waals surface area contributed by atoms with Crippen LogP contribution in [-0.2, 0) is 16.0 Å². The summed E-state index contributed by atoms with van der Waals surface area (Å²) in [6, 6.07) is 12.0. The van der Waals surface area contributed by atoms with Crippen LogP contribution in [0.2, 0.25) is 0 Å². The van der Waals surface area contributed by atoms with Gasteiger partial charge in [-0.25, -0.2) is 0 Å². The summed E-state index contributed by atoms with van der Waals surface area (Å²) in [6.45, 7) is 2.87. The summed E-state index contributed by atoms with van der Waals surface area (Å²) in [5.74, 6) is 0.322. The number of amides is 1. The zero-order valence-electron chi connectivity index (χ0n) is 16.4. The fourth-order valence-corrected chi connectivity index (χ4v) is 3.18. The van der Waals surface area contributed by atoms with Gasteiger partial charge in [-0.15, -0.1) is 0 Å². The molecule has 0 aromatic heterocycles. The van der Waals surface area contributed by atoms with Crippen LogP contribution in [0.1, 0.15) is 41.3 Å². The zero-order chi connectivity index (χ0) is 20.8. The first-order valence-electron chi connectivity index (χ1n) is 9.63. The van der Waals surface area contributed by atoms with Gasteiger partial charge in [-0.3, -0.25) is 15.0 Å². The highest BCUT2D eigenvalue weighted by atomic mass is 16.5. The average Bonchev–Trinajstić information content (AvgIpc) is 2.72. The predicted octanol–water partition coefficient (Wildman–Crippen LogP) is 3.12. The van der Waals surface area contributed by atoms with Crippen LogP contribution >= 0.6 is 0 Å². The van der Waals surface area contributed by atoms with Crippen molar-refractivity contribution < 1.29 is 19.1 Å². The quantitative estimate of drug-likeness (QED) is 0.379. The number of carbonyl (C=O) groups excluding carboxylic acids is 2. The van der Waals surface area contributed by atoms with Gasteiger partial charge in [0.1, 0.15) is 11.6 Å². The highest BCUT2D eigenvalue weighted by Crippen LogP contribution is 2.31. The van der Waals surface area contributed by atoms with Crippen molar-refractivity contribution >= 4 is 23.4 Å². The molecule has 0 saturated carbocycles. The number of esters is 1. The molecule has 7 nitrogen and oxygen atoms in total. The Hall–Kier alpha value is -3.35. The minimum absolute atomic E-state index is 0.0419.